The van der Waals surface area contributed by atoms with E-state index in [1.807, 2.05) is 0 Å². The maximum atomic E-state index is 2.88. The maximum absolute atomic E-state index is 2.88. The van der Waals surface area contributed by atoms with Crippen molar-refractivity contribution < 1.29 is 0 Å². The second-order valence-electron chi connectivity index (χ2n) is 9.08. The lowest BCUT2D eigenvalue weighted by Gasteiger charge is -2.57. The molecule has 0 saturated heterocycles. The molecule has 0 aliphatic heterocycles. The summed E-state index contributed by atoms with van der Waals surface area (Å²) in [6.45, 7) is 21.8. The van der Waals surface area contributed by atoms with Gasteiger partial charge in [-0.1, -0.05) is 59.3 Å². The highest BCUT2D eigenvalue weighted by Crippen LogP contribution is 2.41. The van der Waals surface area contributed by atoms with Crippen molar-refractivity contribution in [2.24, 2.45) is 0 Å². The third kappa shape index (κ3) is 6.60. The Kier molecular flexibility index (Phi) is 9.29. The second-order valence-corrected chi connectivity index (χ2v) is 9.08. The molecular formula is C21H45N. The summed E-state index contributed by atoms with van der Waals surface area (Å²) in [4.78, 5) is 2.88. The number of unbranched alkanes of at least 4 members (excludes halogenated alkanes) is 3. The van der Waals surface area contributed by atoms with Gasteiger partial charge < -0.3 is 0 Å². The van der Waals surface area contributed by atoms with Crippen LogP contribution in [0.15, 0.2) is 0 Å². The highest BCUT2D eigenvalue weighted by Gasteiger charge is 2.44. The van der Waals surface area contributed by atoms with Gasteiger partial charge in [0.05, 0.1) is 0 Å². The summed E-state index contributed by atoms with van der Waals surface area (Å²) in [6.07, 6.45) is 11.8. The Morgan fingerprint density at radius 1 is 0.500 bits per heavy atom. The molecule has 0 spiro atoms. The minimum atomic E-state index is 0.268. The van der Waals surface area contributed by atoms with E-state index in [-0.39, 0.29) is 16.6 Å². The Labute approximate surface area is 142 Å². The van der Waals surface area contributed by atoms with Crippen LogP contribution >= 0.6 is 0 Å². The van der Waals surface area contributed by atoms with Crippen molar-refractivity contribution in [2.45, 2.75) is 137 Å². The Hall–Kier alpha value is -0.0400. The minimum absolute atomic E-state index is 0.268. The molecule has 0 radical (unpaired) electrons. The molecule has 22 heavy (non-hydrogen) atoms. The average molecular weight is 312 g/mol. The quantitative estimate of drug-likeness (QED) is 0.368. The fraction of sp³-hybridized carbons (Fsp3) is 1.00. The molecule has 0 unspecified atom stereocenters. The van der Waals surface area contributed by atoms with E-state index in [1.54, 1.807) is 0 Å². The van der Waals surface area contributed by atoms with Gasteiger partial charge in [-0.15, -0.1) is 0 Å². The standard InChI is InChI=1S/C21H45N/c1-10-13-16-19(4,5)22(20(6,7)17-14-11-2)21(8,9)18-15-12-3/h10-18H2,1-9H3. The van der Waals surface area contributed by atoms with Crippen molar-refractivity contribution in [3.05, 3.63) is 0 Å². The first-order valence-corrected chi connectivity index (χ1v) is 9.85. The van der Waals surface area contributed by atoms with E-state index >= 15 is 0 Å². The molecule has 0 rings (SSSR count). The van der Waals surface area contributed by atoms with Crippen LogP contribution < -0.4 is 0 Å². The third-order valence-electron chi connectivity index (χ3n) is 5.24. The smallest absolute Gasteiger partial charge is 0.0163 e. The normalized spacial score (nSPS) is 13.9. The van der Waals surface area contributed by atoms with Crippen LogP contribution in [0.25, 0.3) is 0 Å². The van der Waals surface area contributed by atoms with E-state index < -0.39 is 0 Å². The molecule has 0 fully saturated rings. The summed E-state index contributed by atoms with van der Waals surface area (Å²) in [7, 11) is 0. The second kappa shape index (κ2) is 9.30. The van der Waals surface area contributed by atoms with Crippen molar-refractivity contribution in [1.82, 2.24) is 4.90 Å². The van der Waals surface area contributed by atoms with Gasteiger partial charge in [-0.25, -0.2) is 0 Å². The molecule has 0 bridgehead atoms. The van der Waals surface area contributed by atoms with Gasteiger partial charge in [-0.05, 0) is 60.8 Å². The van der Waals surface area contributed by atoms with E-state index in [0.29, 0.717) is 0 Å². The lowest BCUT2D eigenvalue weighted by atomic mass is 9.79. The highest BCUT2D eigenvalue weighted by molar-refractivity contribution is 5.00. The van der Waals surface area contributed by atoms with Crippen LogP contribution in [0, 0.1) is 0 Å². The Bertz CT molecular complexity index is 241. The van der Waals surface area contributed by atoms with Crippen LogP contribution in [0.1, 0.15) is 120 Å². The lowest BCUT2D eigenvalue weighted by molar-refractivity contribution is -0.0780. The zero-order valence-corrected chi connectivity index (χ0v) is 17.3. The van der Waals surface area contributed by atoms with E-state index in [0.717, 1.165) is 0 Å². The molecule has 0 N–H and O–H groups in total. The Morgan fingerprint density at radius 3 is 0.909 bits per heavy atom. The fourth-order valence-electron chi connectivity index (χ4n) is 4.62. The van der Waals surface area contributed by atoms with Crippen molar-refractivity contribution in [1.29, 1.82) is 0 Å². The van der Waals surface area contributed by atoms with Crippen molar-refractivity contribution in [3.8, 4) is 0 Å². The molecule has 0 aliphatic rings. The van der Waals surface area contributed by atoms with Gasteiger partial charge in [0.1, 0.15) is 0 Å². The number of rotatable bonds is 12. The van der Waals surface area contributed by atoms with Crippen LogP contribution in [0.3, 0.4) is 0 Å². The monoisotopic (exact) mass is 311 g/mol. The van der Waals surface area contributed by atoms with Crippen molar-refractivity contribution in [2.75, 3.05) is 0 Å². The molecule has 0 aromatic carbocycles. The van der Waals surface area contributed by atoms with Crippen LogP contribution in [0.2, 0.25) is 0 Å². The van der Waals surface area contributed by atoms with Crippen LogP contribution in [0.4, 0.5) is 0 Å². The molecule has 0 heterocycles. The van der Waals surface area contributed by atoms with Gasteiger partial charge in [0.15, 0.2) is 0 Å². The molecule has 0 saturated carbocycles. The first-order valence-electron chi connectivity index (χ1n) is 9.85. The summed E-state index contributed by atoms with van der Waals surface area (Å²) in [5.41, 5.74) is 0.805. The largest absolute Gasteiger partial charge is 0.288 e. The summed E-state index contributed by atoms with van der Waals surface area (Å²) >= 11 is 0. The predicted molar refractivity (Wildman–Crippen MR) is 103 cm³/mol. The molecule has 0 aliphatic carbocycles. The van der Waals surface area contributed by atoms with Gasteiger partial charge in [0, 0.05) is 16.6 Å². The van der Waals surface area contributed by atoms with E-state index in [9.17, 15) is 0 Å². The number of hydrogen-bond donors (Lipinski definition) is 0. The zero-order chi connectivity index (χ0) is 17.4. The Morgan fingerprint density at radius 2 is 0.727 bits per heavy atom. The van der Waals surface area contributed by atoms with Crippen LogP contribution in [-0.4, -0.2) is 21.5 Å². The molecule has 0 atom stereocenters. The molecule has 1 nitrogen and oxygen atoms in total. The summed E-state index contributed by atoms with van der Waals surface area (Å²) in [5, 5.41) is 0. The Balaban J connectivity index is 5.46. The predicted octanol–water partition coefficient (Wildman–Crippen LogP) is 7.19. The van der Waals surface area contributed by atoms with Gasteiger partial charge in [0.25, 0.3) is 0 Å². The number of nitrogens with zero attached hydrogens (tertiary/aromatic N) is 1. The minimum Gasteiger partial charge on any atom is -0.288 e. The maximum Gasteiger partial charge on any atom is 0.0163 e. The van der Waals surface area contributed by atoms with Crippen molar-refractivity contribution in [3.63, 3.8) is 0 Å². The van der Waals surface area contributed by atoms with Gasteiger partial charge >= 0.3 is 0 Å². The van der Waals surface area contributed by atoms with Gasteiger partial charge in [0.2, 0.25) is 0 Å². The van der Waals surface area contributed by atoms with E-state index in [2.05, 4.69) is 67.2 Å². The van der Waals surface area contributed by atoms with Gasteiger partial charge in [-0.3, -0.25) is 4.90 Å². The van der Waals surface area contributed by atoms with Gasteiger partial charge in [-0.2, -0.15) is 0 Å². The molecule has 134 valence electrons. The number of hydrogen-bond acceptors (Lipinski definition) is 1. The van der Waals surface area contributed by atoms with Crippen LogP contribution in [0.5, 0.6) is 0 Å². The molecule has 0 aromatic rings. The first kappa shape index (κ1) is 22.0. The molecule has 1 heteroatoms. The summed E-state index contributed by atoms with van der Waals surface area (Å²) < 4.78 is 0. The summed E-state index contributed by atoms with van der Waals surface area (Å²) in [6, 6.07) is 0. The zero-order valence-electron chi connectivity index (χ0n) is 17.3. The molecule has 0 aromatic heterocycles. The van der Waals surface area contributed by atoms with Crippen LogP contribution in [-0.2, 0) is 0 Å². The molecular weight excluding hydrogens is 266 g/mol. The first-order chi connectivity index (χ1) is 10.0. The van der Waals surface area contributed by atoms with E-state index in [1.165, 1.54) is 57.8 Å². The van der Waals surface area contributed by atoms with E-state index in [4.69, 9.17) is 0 Å². The molecule has 0 amide bonds. The van der Waals surface area contributed by atoms with Crippen molar-refractivity contribution >= 4 is 0 Å². The topological polar surface area (TPSA) is 3.24 Å². The average Bonchev–Trinajstić information content (AvgIpc) is 2.39. The highest BCUT2D eigenvalue weighted by atomic mass is 15.3. The summed E-state index contributed by atoms with van der Waals surface area (Å²) in [5.74, 6) is 0. The fourth-order valence-corrected chi connectivity index (χ4v) is 4.62. The third-order valence-corrected chi connectivity index (χ3v) is 5.24. The SMILES string of the molecule is CCCCC(C)(C)N(C(C)(C)CCCC)C(C)(C)CCCC. The lowest BCUT2D eigenvalue weighted by Crippen LogP contribution is -2.64.